The highest BCUT2D eigenvalue weighted by Gasteiger charge is 2.29. The number of hydrogen-bond acceptors (Lipinski definition) is 4. The van der Waals surface area contributed by atoms with Crippen molar-refractivity contribution in [2.24, 2.45) is 5.73 Å². The zero-order valence-electron chi connectivity index (χ0n) is 12.9. The molecule has 120 valence electrons. The highest BCUT2D eigenvalue weighted by Crippen LogP contribution is 2.18. The topological polar surface area (TPSA) is 81.2 Å². The quantitative estimate of drug-likeness (QED) is 0.907. The number of carbonyl (C=O) groups is 1. The molecule has 1 saturated heterocycles. The van der Waals surface area contributed by atoms with E-state index in [2.05, 4.69) is 5.10 Å². The van der Waals surface area contributed by atoms with E-state index in [9.17, 15) is 9.59 Å². The molecule has 1 aromatic heterocycles. The molecule has 3 rings (SSSR count). The lowest BCUT2D eigenvalue weighted by Gasteiger charge is -2.23. The number of benzene rings is 1. The zero-order valence-corrected chi connectivity index (χ0v) is 12.9. The summed E-state index contributed by atoms with van der Waals surface area (Å²) in [5, 5.41) is 4.25. The summed E-state index contributed by atoms with van der Waals surface area (Å²) in [7, 11) is 0. The smallest absolute Gasteiger partial charge is 0.274 e. The van der Waals surface area contributed by atoms with Crippen molar-refractivity contribution < 1.29 is 4.79 Å². The number of hydrogen-bond donors (Lipinski definition) is 1. The minimum Gasteiger partial charge on any atom is -0.333 e. The van der Waals surface area contributed by atoms with Crippen LogP contribution in [0.3, 0.4) is 0 Å². The third-order valence-electron chi connectivity index (χ3n) is 4.17. The third-order valence-corrected chi connectivity index (χ3v) is 4.17. The van der Waals surface area contributed by atoms with E-state index in [1.165, 1.54) is 16.8 Å². The van der Waals surface area contributed by atoms with Gasteiger partial charge in [0.05, 0.1) is 6.54 Å². The predicted octanol–water partition coefficient (Wildman–Crippen LogP) is 0.855. The summed E-state index contributed by atoms with van der Waals surface area (Å²) >= 11 is 0. The SMILES string of the molecule is NCC1CCCN1C(=O)c1ccc(=O)n(Cc2ccccc2)n1. The summed E-state index contributed by atoms with van der Waals surface area (Å²) in [4.78, 5) is 26.4. The van der Waals surface area contributed by atoms with Crippen LogP contribution < -0.4 is 11.3 Å². The van der Waals surface area contributed by atoms with Gasteiger partial charge >= 0.3 is 0 Å². The summed E-state index contributed by atoms with van der Waals surface area (Å²) < 4.78 is 1.33. The van der Waals surface area contributed by atoms with Crippen molar-refractivity contribution in [3.05, 3.63) is 64.1 Å². The molecule has 0 bridgehead atoms. The summed E-state index contributed by atoms with van der Waals surface area (Å²) in [6, 6.07) is 12.5. The molecule has 6 heteroatoms. The molecule has 2 heterocycles. The number of rotatable bonds is 4. The van der Waals surface area contributed by atoms with Crippen molar-refractivity contribution in [3.8, 4) is 0 Å². The number of nitrogens with zero attached hydrogens (tertiary/aromatic N) is 3. The van der Waals surface area contributed by atoms with Crippen molar-refractivity contribution in [2.75, 3.05) is 13.1 Å². The molecule has 0 spiro atoms. The average Bonchev–Trinajstić information content (AvgIpc) is 3.06. The molecule has 1 amide bonds. The van der Waals surface area contributed by atoms with Crippen LogP contribution >= 0.6 is 0 Å². The van der Waals surface area contributed by atoms with Crippen LogP contribution in [-0.4, -0.2) is 39.7 Å². The largest absolute Gasteiger partial charge is 0.333 e. The van der Waals surface area contributed by atoms with Crippen LogP contribution in [0.15, 0.2) is 47.3 Å². The molecule has 1 aliphatic heterocycles. The fourth-order valence-corrected chi connectivity index (χ4v) is 2.93. The Labute approximate surface area is 134 Å². The minimum absolute atomic E-state index is 0.0683. The summed E-state index contributed by atoms with van der Waals surface area (Å²) in [5.41, 5.74) is 6.76. The summed E-state index contributed by atoms with van der Waals surface area (Å²) in [5.74, 6) is -0.153. The van der Waals surface area contributed by atoms with Crippen molar-refractivity contribution in [3.63, 3.8) is 0 Å². The molecule has 2 aromatic rings. The van der Waals surface area contributed by atoms with Gasteiger partial charge in [-0.1, -0.05) is 30.3 Å². The maximum Gasteiger partial charge on any atom is 0.274 e. The highest BCUT2D eigenvalue weighted by molar-refractivity contribution is 5.92. The van der Waals surface area contributed by atoms with E-state index >= 15 is 0 Å². The predicted molar refractivity (Wildman–Crippen MR) is 87.2 cm³/mol. The number of aromatic nitrogens is 2. The van der Waals surface area contributed by atoms with Gasteiger partial charge in [0.25, 0.3) is 11.5 Å². The van der Waals surface area contributed by atoms with E-state index in [0.29, 0.717) is 25.3 Å². The van der Waals surface area contributed by atoms with Crippen LogP contribution in [0, 0.1) is 0 Å². The minimum atomic E-state index is -0.220. The van der Waals surface area contributed by atoms with Crippen LogP contribution in [0.5, 0.6) is 0 Å². The van der Waals surface area contributed by atoms with Crippen LogP contribution in [0.2, 0.25) is 0 Å². The zero-order chi connectivity index (χ0) is 16.2. The van der Waals surface area contributed by atoms with Gasteiger partial charge in [0, 0.05) is 25.2 Å². The van der Waals surface area contributed by atoms with Gasteiger partial charge in [-0.05, 0) is 24.5 Å². The molecule has 1 atom stereocenters. The number of carbonyl (C=O) groups excluding carboxylic acids is 1. The van der Waals surface area contributed by atoms with Crippen LogP contribution in [0.1, 0.15) is 28.9 Å². The molecule has 1 unspecified atom stereocenters. The Bertz CT molecular complexity index is 742. The van der Waals surface area contributed by atoms with E-state index < -0.39 is 0 Å². The Hall–Kier alpha value is -2.47. The molecular formula is C17H20N4O2. The fraction of sp³-hybridized carbons (Fsp3) is 0.353. The number of amides is 1. The Morgan fingerprint density at radius 2 is 2.00 bits per heavy atom. The first kappa shape index (κ1) is 15.4. The molecular weight excluding hydrogens is 292 g/mol. The van der Waals surface area contributed by atoms with Gasteiger partial charge in [-0.3, -0.25) is 9.59 Å². The molecule has 6 nitrogen and oxygen atoms in total. The first-order valence-corrected chi connectivity index (χ1v) is 7.82. The lowest BCUT2D eigenvalue weighted by molar-refractivity contribution is 0.0732. The Morgan fingerprint density at radius 3 is 2.74 bits per heavy atom. The van der Waals surface area contributed by atoms with Crippen molar-refractivity contribution in [1.82, 2.24) is 14.7 Å². The monoisotopic (exact) mass is 312 g/mol. The normalized spacial score (nSPS) is 17.4. The molecule has 1 fully saturated rings. The van der Waals surface area contributed by atoms with Gasteiger partial charge in [-0.15, -0.1) is 0 Å². The Balaban J connectivity index is 1.85. The molecule has 2 N–H and O–H groups in total. The third kappa shape index (κ3) is 3.32. The molecule has 0 radical (unpaired) electrons. The van der Waals surface area contributed by atoms with E-state index in [0.717, 1.165) is 18.4 Å². The second kappa shape index (κ2) is 6.75. The van der Waals surface area contributed by atoms with E-state index in [1.54, 1.807) is 4.90 Å². The van der Waals surface area contributed by atoms with Crippen LogP contribution in [0.25, 0.3) is 0 Å². The molecule has 23 heavy (non-hydrogen) atoms. The van der Waals surface area contributed by atoms with Crippen molar-refractivity contribution in [1.29, 1.82) is 0 Å². The first-order valence-electron chi connectivity index (χ1n) is 7.82. The van der Waals surface area contributed by atoms with Crippen LogP contribution in [0.4, 0.5) is 0 Å². The molecule has 1 aliphatic rings. The fourth-order valence-electron chi connectivity index (χ4n) is 2.93. The highest BCUT2D eigenvalue weighted by atomic mass is 16.2. The Morgan fingerprint density at radius 1 is 1.22 bits per heavy atom. The van der Waals surface area contributed by atoms with Gasteiger partial charge in [0.2, 0.25) is 0 Å². The van der Waals surface area contributed by atoms with E-state index in [4.69, 9.17) is 5.73 Å². The standard InChI is InChI=1S/C17H20N4O2/c18-11-14-7-4-10-20(14)17(23)15-8-9-16(22)21(19-15)12-13-5-2-1-3-6-13/h1-3,5-6,8-9,14H,4,7,10-12,18H2. The van der Waals surface area contributed by atoms with E-state index in [1.807, 2.05) is 30.3 Å². The van der Waals surface area contributed by atoms with Gasteiger partial charge in [0.15, 0.2) is 0 Å². The van der Waals surface area contributed by atoms with Crippen molar-refractivity contribution in [2.45, 2.75) is 25.4 Å². The second-order valence-electron chi connectivity index (χ2n) is 5.73. The van der Waals surface area contributed by atoms with E-state index in [-0.39, 0.29) is 17.5 Å². The number of nitrogens with two attached hydrogens (primary N) is 1. The second-order valence-corrected chi connectivity index (χ2v) is 5.73. The molecule has 1 aromatic carbocycles. The average molecular weight is 312 g/mol. The van der Waals surface area contributed by atoms with Crippen molar-refractivity contribution >= 4 is 5.91 Å². The molecule has 0 saturated carbocycles. The maximum atomic E-state index is 12.6. The van der Waals surface area contributed by atoms with Gasteiger partial charge in [0.1, 0.15) is 5.69 Å². The number of likely N-dealkylation sites (tertiary alicyclic amines) is 1. The maximum absolute atomic E-state index is 12.6. The van der Waals surface area contributed by atoms with Gasteiger partial charge in [-0.25, -0.2) is 4.68 Å². The lowest BCUT2D eigenvalue weighted by Crippen LogP contribution is -2.41. The summed E-state index contributed by atoms with van der Waals surface area (Å²) in [6.07, 6.45) is 1.88. The summed E-state index contributed by atoms with van der Waals surface area (Å²) in [6.45, 7) is 1.50. The Kier molecular flexibility index (Phi) is 4.52. The van der Waals surface area contributed by atoms with Crippen LogP contribution in [-0.2, 0) is 6.54 Å². The lowest BCUT2D eigenvalue weighted by atomic mass is 10.2. The first-order chi connectivity index (χ1) is 11.2. The van der Waals surface area contributed by atoms with Gasteiger partial charge < -0.3 is 10.6 Å². The van der Waals surface area contributed by atoms with Gasteiger partial charge in [-0.2, -0.15) is 5.10 Å². The molecule has 0 aliphatic carbocycles.